The summed E-state index contributed by atoms with van der Waals surface area (Å²) in [6.07, 6.45) is 6.13. The van der Waals surface area contributed by atoms with Gasteiger partial charge in [-0.15, -0.1) is 0 Å². The third-order valence-corrected chi connectivity index (χ3v) is 7.24. The number of halogens is 1. The molecule has 1 saturated carbocycles. The molecule has 0 saturated heterocycles. The van der Waals surface area contributed by atoms with E-state index < -0.39 is 11.7 Å². The number of nitrogens with two attached hydrogens (primary N) is 1. The summed E-state index contributed by atoms with van der Waals surface area (Å²) in [6, 6.07) is 8.07. The maximum Gasteiger partial charge on any atom is 0.257 e. The number of carbonyl (C=O) groups is 1. The fraction of sp³-hybridized carbons (Fsp3) is 0.296. The van der Waals surface area contributed by atoms with Crippen LogP contribution in [0.5, 0.6) is 5.75 Å². The average molecular weight is 486 g/mol. The summed E-state index contributed by atoms with van der Waals surface area (Å²) in [7, 11) is 3.34. The molecule has 1 fully saturated rings. The first-order valence-electron chi connectivity index (χ1n) is 11.7. The van der Waals surface area contributed by atoms with E-state index in [-0.39, 0.29) is 29.6 Å². The quantitative estimate of drug-likeness (QED) is 0.445. The van der Waals surface area contributed by atoms with Crippen molar-refractivity contribution in [1.29, 1.82) is 0 Å². The van der Waals surface area contributed by atoms with Gasteiger partial charge in [-0.05, 0) is 37.5 Å². The van der Waals surface area contributed by atoms with Crippen molar-refractivity contribution in [3.05, 3.63) is 65.4 Å². The standard InChI is InChI=1S/C27H24FN5O3/c1-32(23-14-36-24-10-16(4-5-17(23)24)6-9-27(35-2)7-3-8-27)26(34)18-11-21-20(12-19(18)28)31-25(29)22-13-30-15-33(21)22/h4-5,10-13,15,23H,3,7-8,14H2,1-2H3,(H2,29,31)/t23-/m1/s1. The highest BCUT2D eigenvalue weighted by atomic mass is 19.1. The third-order valence-electron chi connectivity index (χ3n) is 7.24. The van der Waals surface area contributed by atoms with Crippen molar-refractivity contribution in [2.75, 3.05) is 26.5 Å². The number of nitrogen functional groups attached to an aromatic ring is 1. The highest BCUT2D eigenvalue weighted by Gasteiger charge is 2.35. The van der Waals surface area contributed by atoms with E-state index >= 15 is 4.39 Å². The molecule has 6 rings (SSSR count). The van der Waals surface area contributed by atoms with Crippen LogP contribution in [0.15, 0.2) is 42.9 Å². The van der Waals surface area contributed by atoms with Crippen LogP contribution in [-0.4, -0.2) is 51.5 Å². The Bertz CT molecular complexity index is 1590. The van der Waals surface area contributed by atoms with E-state index in [9.17, 15) is 4.79 Å². The number of fused-ring (bicyclic) bond motifs is 4. The summed E-state index contributed by atoms with van der Waals surface area (Å²) in [4.78, 5) is 23.3. The molecule has 1 aliphatic heterocycles. The molecule has 0 spiro atoms. The Kier molecular flexibility index (Phi) is 5.09. The molecule has 2 aromatic heterocycles. The minimum atomic E-state index is -0.668. The maximum absolute atomic E-state index is 15.1. The largest absolute Gasteiger partial charge is 0.491 e. The van der Waals surface area contributed by atoms with E-state index in [2.05, 4.69) is 21.8 Å². The molecule has 1 amide bonds. The van der Waals surface area contributed by atoms with E-state index in [0.717, 1.165) is 30.4 Å². The zero-order valence-electron chi connectivity index (χ0n) is 19.9. The van der Waals surface area contributed by atoms with Gasteiger partial charge in [0.2, 0.25) is 0 Å². The lowest BCUT2D eigenvalue weighted by molar-refractivity contribution is -0.0215. The Balaban J connectivity index is 1.29. The highest BCUT2D eigenvalue weighted by Crippen LogP contribution is 2.38. The van der Waals surface area contributed by atoms with Gasteiger partial charge in [0.15, 0.2) is 0 Å². The van der Waals surface area contributed by atoms with Crippen LogP contribution in [-0.2, 0) is 4.74 Å². The lowest BCUT2D eigenvalue weighted by atomic mass is 9.80. The van der Waals surface area contributed by atoms with Crippen molar-refractivity contribution in [3.63, 3.8) is 0 Å². The molecular weight excluding hydrogens is 461 g/mol. The van der Waals surface area contributed by atoms with E-state index in [4.69, 9.17) is 15.2 Å². The molecule has 0 bridgehead atoms. The van der Waals surface area contributed by atoms with Crippen LogP contribution in [0.2, 0.25) is 0 Å². The molecular formula is C27H24FN5O3. The molecule has 1 aliphatic carbocycles. The van der Waals surface area contributed by atoms with Crippen LogP contribution in [0, 0.1) is 17.7 Å². The minimum absolute atomic E-state index is 0.0622. The van der Waals surface area contributed by atoms with E-state index in [1.54, 1.807) is 31.1 Å². The van der Waals surface area contributed by atoms with Crippen LogP contribution >= 0.6 is 0 Å². The van der Waals surface area contributed by atoms with Gasteiger partial charge in [0, 0.05) is 31.4 Å². The number of benzene rings is 2. The number of aromatic nitrogens is 3. The normalized spacial score (nSPS) is 17.7. The number of likely N-dealkylation sites (N-methyl/N-ethyl adjacent to an activating group) is 1. The average Bonchev–Trinajstić information content (AvgIpc) is 3.50. The van der Waals surface area contributed by atoms with Crippen molar-refractivity contribution < 1.29 is 18.7 Å². The number of hydrogen-bond donors (Lipinski definition) is 1. The third kappa shape index (κ3) is 3.45. The van der Waals surface area contributed by atoms with Crippen LogP contribution in [0.3, 0.4) is 0 Å². The molecule has 0 radical (unpaired) electrons. The summed E-state index contributed by atoms with van der Waals surface area (Å²) < 4.78 is 28.2. The maximum atomic E-state index is 15.1. The van der Waals surface area contributed by atoms with Gasteiger partial charge in [-0.1, -0.05) is 17.9 Å². The molecule has 36 heavy (non-hydrogen) atoms. The van der Waals surface area contributed by atoms with E-state index in [0.29, 0.717) is 22.3 Å². The van der Waals surface area contributed by atoms with Crippen LogP contribution in [0.25, 0.3) is 16.6 Å². The lowest BCUT2D eigenvalue weighted by Crippen LogP contribution is -2.37. The van der Waals surface area contributed by atoms with Gasteiger partial charge in [0.1, 0.15) is 35.1 Å². The smallest absolute Gasteiger partial charge is 0.257 e. The molecule has 8 nitrogen and oxygen atoms in total. The summed E-state index contributed by atoms with van der Waals surface area (Å²) >= 11 is 0. The number of ether oxygens (including phenoxy) is 2. The first-order valence-corrected chi connectivity index (χ1v) is 11.7. The second kappa shape index (κ2) is 8.21. The monoisotopic (exact) mass is 485 g/mol. The number of amides is 1. The molecule has 9 heteroatoms. The van der Waals surface area contributed by atoms with Gasteiger partial charge >= 0.3 is 0 Å². The number of anilines is 1. The van der Waals surface area contributed by atoms with E-state index in [1.807, 2.05) is 18.2 Å². The van der Waals surface area contributed by atoms with Gasteiger partial charge in [-0.2, -0.15) is 0 Å². The van der Waals surface area contributed by atoms with Crippen molar-refractivity contribution >= 4 is 28.3 Å². The van der Waals surface area contributed by atoms with Crippen molar-refractivity contribution in [2.24, 2.45) is 0 Å². The van der Waals surface area contributed by atoms with Crippen LogP contribution in [0.4, 0.5) is 10.2 Å². The first kappa shape index (κ1) is 22.3. The van der Waals surface area contributed by atoms with Crippen LogP contribution < -0.4 is 10.5 Å². The molecule has 182 valence electrons. The van der Waals surface area contributed by atoms with Crippen molar-refractivity contribution in [3.8, 4) is 17.6 Å². The molecule has 2 N–H and O–H groups in total. The molecule has 2 aromatic carbocycles. The molecule has 4 aromatic rings. The van der Waals surface area contributed by atoms with Gasteiger partial charge < -0.3 is 20.1 Å². The molecule has 2 aliphatic rings. The fourth-order valence-corrected chi connectivity index (χ4v) is 4.85. The van der Waals surface area contributed by atoms with Crippen molar-refractivity contribution in [1.82, 2.24) is 19.3 Å². The Hall–Kier alpha value is -4.16. The highest BCUT2D eigenvalue weighted by molar-refractivity contribution is 5.98. The summed E-state index contributed by atoms with van der Waals surface area (Å²) in [5.74, 6) is 6.22. The van der Waals surface area contributed by atoms with E-state index in [1.165, 1.54) is 17.0 Å². The topological polar surface area (TPSA) is 95.0 Å². The number of methoxy groups -OCH3 is 1. The number of imidazole rings is 1. The Morgan fingerprint density at radius 2 is 2.14 bits per heavy atom. The predicted molar refractivity (Wildman–Crippen MR) is 132 cm³/mol. The zero-order valence-corrected chi connectivity index (χ0v) is 19.9. The lowest BCUT2D eigenvalue weighted by Gasteiger charge is -2.35. The Morgan fingerprint density at radius 1 is 1.31 bits per heavy atom. The second-order valence-electron chi connectivity index (χ2n) is 9.26. The van der Waals surface area contributed by atoms with Gasteiger partial charge in [-0.3, -0.25) is 9.20 Å². The fourth-order valence-electron chi connectivity index (χ4n) is 4.85. The predicted octanol–water partition coefficient (Wildman–Crippen LogP) is 3.73. The second-order valence-corrected chi connectivity index (χ2v) is 9.26. The minimum Gasteiger partial charge on any atom is -0.491 e. The van der Waals surface area contributed by atoms with Crippen molar-refractivity contribution in [2.45, 2.75) is 30.9 Å². The number of nitrogens with zero attached hydrogens (tertiary/aromatic N) is 4. The number of hydrogen-bond acceptors (Lipinski definition) is 6. The van der Waals surface area contributed by atoms with Crippen LogP contribution in [0.1, 0.15) is 46.8 Å². The van der Waals surface area contributed by atoms with Gasteiger partial charge in [0.25, 0.3) is 5.91 Å². The van der Waals surface area contributed by atoms with Gasteiger partial charge in [0.05, 0.1) is 35.2 Å². The zero-order chi connectivity index (χ0) is 25.0. The SMILES string of the molecule is COC1(C#Cc2ccc3c(c2)OC[C@H]3N(C)C(=O)c2cc3c(cc2F)nc(N)c2cncn23)CCC1. The molecule has 3 heterocycles. The molecule has 1 atom stereocenters. The molecule has 0 unspecified atom stereocenters. The summed E-state index contributed by atoms with van der Waals surface area (Å²) in [5, 5.41) is 0. The summed E-state index contributed by atoms with van der Waals surface area (Å²) in [5.41, 5.74) is 8.71. The first-order chi connectivity index (χ1) is 17.4. The Morgan fingerprint density at radius 3 is 2.89 bits per heavy atom. The number of carbonyl (C=O) groups excluding carboxylic acids is 1. The Labute approximate surface area is 206 Å². The number of rotatable bonds is 3. The summed E-state index contributed by atoms with van der Waals surface area (Å²) in [6.45, 7) is 0.273. The van der Waals surface area contributed by atoms with Gasteiger partial charge in [-0.25, -0.2) is 14.4 Å².